The molecule has 0 saturated carbocycles. The van der Waals surface area contributed by atoms with Crippen LogP contribution in [0.4, 0.5) is 4.39 Å². The first kappa shape index (κ1) is 24.9. The predicted molar refractivity (Wildman–Crippen MR) is 141 cm³/mol. The zero-order valence-electron chi connectivity index (χ0n) is 21.3. The lowest BCUT2D eigenvalue weighted by Crippen LogP contribution is -2.16. The molecule has 9 heteroatoms. The van der Waals surface area contributed by atoms with Gasteiger partial charge in [-0.25, -0.2) is 4.39 Å². The maximum atomic E-state index is 13.9. The number of benzene rings is 2. The number of aromatic nitrogens is 3. The summed E-state index contributed by atoms with van der Waals surface area (Å²) in [6.45, 7) is 10.4. The molecular weight excluding hydrogens is 493 g/mol. The average molecular weight is 520 g/mol. The minimum absolute atomic E-state index is 0.101. The summed E-state index contributed by atoms with van der Waals surface area (Å²) in [6.07, 6.45) is 1.75. The Morgan fingerprint density at radius 2 is 1.73 bits per heavy atom. The summed E-state index contributed by atoms with van der Waals surface area (Å²) in [6, 6.07) is 10.0. The van der Waals surface area contributed by atoms with Crippen LogP contribution in [-0.4, -0.2) is 19.9 Å². The summed E-state index contributed by atoms with van der Waals surface area (Å²) in [4.78, 5) is 14.4. The number of rotatable bonds is 5. The number of halogens is 1. The number of ether oxygens (including phenoxy) is 1. The second kappa shape index (κ2) is 8.93. The van der Waals surface area contributed by atoms with Crippen molar-refractivity contribution < 1.29 is 18.7 Å². The van der Waals surface area contributed by atoms with Crippen LogP contribution in [0.1, 0.15) is 42.0 Å². The average Bonchev–Trinajstić information content (AvgIpc) is 3.45. The van der Waals surface area contributed by atoms with Crippen LogP contribution in [0.2, 0.25) is 0 Å². The van der Waals surface area contributed by atoms with Crippen LogP contribution >= 0.6 is 11.3 Å². The van der Waals surface area contributed by atoms with Crippen molar-refractivity contribution in [2.75, 3.05) is 0 Å². The van der Waals surface area contributed by atoms with E-state index in [1.807, 2.05) is 10.6 Å². The minimum Gasteiger partial charge on any atom is -0.455 e. The lowest BCUT2D eigenvalue weighted by atomic mass is 9.97. The Morgan fingerprint density at radius 1 is 1.03 bits per heavy atom. The number of hydrogen-bond donors (Lipinski definition) is 1. The van der Waals surface area contributed by atoms with Crippen molar-refractivity contribution in [3.8, 4) is 28.0 Å². The van der Waals surface area contributed by atoms with E-state index in [0.717, 1.165) is 0 Å². The van der Waals surface area contributed by atoms with Crippen molar-refractivity contribution in [2.24, 2.45) is 0 Å². The molecule has 5 rings (SSSR count). The fourth-order valence-electron chi connectivity index (χ4n) is 4.27. The van der Waals surface area contributed by atoms with Crippen LogP contribution < -0.4 is 10.2 Å². The van der Waals surface area contributed by atoms with E-state index < -0.39 is 5.60 Å². The first-order valence-electron chi connectivity index (χ1n) is 11.7. The normalized spacial score (nSPS) is 11.9. The molecule has 3 aromatic heterocycles. The maximum Gasteiger partial charge on any atom is 0.257 e. The van der Waals surface area contributed by atoms with Crippen molar-refractivity contribution >= 4 is 21.6 Å². The largest absolute Gasteiger partial charge is 0.455 e. The molecule has 2 aromatic carbocycles. The molecule has 0 aliphatic carbocycles. The third-order valence-corrected chi connectivity index (χ3v) is 7.28. The molecule has 0 bridgehead atoms. The Labute approximate surface area is 216 Å². The molecule has 37 heavy (non-hydrogen) atoms. The second-order valence-corrected chi connectivity index (χ2v) is 10.7. The van der Waals surface area contributed by atoms with Crippen LogP contribution in [0, 0.1) is 33.5 Å². The minimum atomic E-state index is -1.12. The topological polar surface area (TPSA) is 90.4 Å². The number of aryl methyl sites for hydroxylation is 4. The molecule has 1 N–H and O–H groups in total. The van der Waals surface area contributed by atoms with Crippen LogP contribution in [0.15, 0.2) is 51.8 Å². The number of aliphatic hydroxyl groups is 1. The van der Waals surface area contributed by atoms with Gasteiger partial charge in [-0.2, -0.15) is 0 Å². The van der Waals surface area contributed by atoms with Gasteiger partial charge in [0.05, 0.1) is 21.6 Å². The Morgan fingerprint density at radius 3 is 2.35 bits per heavy atom. The van der Waals surface area contributed by atoms with Gasteiger partial charge in [-0.3, -0.25) is 4.79 Å². The highest BCUT2D eigenvalue weighted by Gasteiger charge is 2.23. The van der Waals surface area contributed by atoms with Gasteiger partial charge in [-0.1, -0.05) is 6.07 Å². The highest BCUT2D eigenvalue weighted by molar-refractivity contribution is 7.21. The third-order valence-electron chi connectivity index (χ3n) is 6.16. The van der Waals surface area contributed by atoms with Gasteiger partial charge < -0.3 is 18.8 Å². The third kappa shape index (κ3) is 4.56. The second-order valence-electron chi connectivity index (χ2n) is 9.68. The molecule has 0 spiro atoms. The van der Waals surface area contributed by atoms with E-state index in [9.17, 15) is 14.3 Å². The Kier molecular flexibility index (Phi) is 6.00. The first-order valence-corrected chi connectivity index (χ1v) is 12.5. The summed E-state index contributed by atoms with van der Waals surface area (Å²) in [5, 5.41) is 19.3. The molecule has 0 fully saturated rings. The smallest absolute Gasteiger partial charge is 0.257 e. The highest BCUT2D eigenvalue weighted by atomic mass is 32.1. The summed E-state index contributed by atoms with van der Waals surface area (Å²) >= 11 is 1.34. The summed E-state index contributed by atoms with van der Waals surface area (Å²) < 4.78 is 27.8. The van der Waals surface area contributed by atoms with E-state index in [1.165, 1.54) is 23.5 Å². The molecule has 190 valence electrons. The van der Waals surface area contributed by atoms with Crippen molar-refractivity contribution in [3.63, 3.8) is 0 Å². The van der Waals surface area contributed by atoms with Gasteiger partial charge in [-0.15, -0.1) is 21.5 Å². The van der Waals surface area contributed by atoms with Crippen molar-refractivity contribution in [2.45, 2.75) is 47.1 Å². The summed E-state index contributed by atoms with van der Waals surface area (Å²) in [5.74, 6) is 1.46. The van der Waals surface area contributed by atoms with Crippen LogP contribution in [0.25, 0.3) is 26.7 Å². The molecule has 0 radical (unpaired) electrons. The van der Waals surface area contributed by atoms with Gasteiger partial charge in [0, 0.05) is 18.7 Å². The monoisotopic (exact) mass is 519 g/mol. The fourth-order valence-corrected chi connectivity index (χ4v) is 5.33. The Hall–Kier alpha value is -3.82. The van der Waals surface area contributed by atoms with Crippen molar-refractivity contribution in [3.05, 3.63) is 86.8 Å². The quantitative estimate of drug-likeness (QED) is 0.285. The van der Waals surface area contributed by atoms with Crippen LogP contribution in [0.3, 0.4) is 0 Å². The molecule has 3 heterocycles. The molecule has 0 saturated heterocycles. The molecule has 7 nitrogen and oxygen atoms in total. The zero-order chi connectivity index (χ0) is 26.6. The van der Waals surface area contributed by atoms with E-state index in [4.69, 9.17) is 9.15 Å². The number of pyridine rings is 1. The van der Waals surface area contributed by atoms with E-state index in [2.05, 4.69) is 10.2 Å². The van der Waals surface area contributed by atoms with Gasteiger partial charge in [0.15, 0.2) is 11.2 Å². The lowest BCUT2D eigenvalue weighted by Gasteiger charge is -2.22. The van der Waals surface area contributed by atoms with Gasteiger partial charge in [-0.05, 0) is 81.6 Å². The molecule has 0 aliphatic rings. The van der Waals surface area contributed by atoms with Gasteiger partial charge in [0.1, 0.15) is 16.4 Å². The van der Waals surface area contributed by atoms with Gasteiger partial charge in [0.25, 0.3) is 5.89 Å². The molecule has 0 atom stereocenters. The molecule has 5 aromatic rings. The number of nitrogens with zero attached hydrogens (tertiary/aromatic N) is 3. The lowest BCUT2D eigenvalue weighted by molar-refractivity contribution is 0.0785. The van der Waals surface area contributed by atoms with Crippen molar-refractivity contribution in [1.29, 1.82) is 0 Å². The SMILES string of the molecule is Cc1nnc(-c2cc3c(=O)c(C)cn(-c4cc(C(C)(C)O)ccc4Oc4c(C)cc(F)cc4C)c3s2)o1. The van der Waals surface area contributed by atoms with E-state index >= 15 is 0 Å². The number of fused-ring (bicyclic) bond motifs is 1. The van der Waals surface area contributed by atoms with Gasteiger partial charge >= 0.3 is 0 Å². The fraction of sp³-hybridized carbons (Fsp3) is 0.250. The Bertz CT molecular complexity index is 1700. The molecular formula is C28H26FN3O4S. The summed E-state index contributed by atoms with van der Waals surface area (Å²) in [7, 11) is 0. The van der Waals surface area contributed by atoms with Crippen molar-refractivity contribution in [1.82, 2.24) is 14.8 Å². The van der Waals surface area contributed by atoms with Crippen LogP contribution in [-0.2, 0) is 5.60 Å². The first-order chi connectivity index (χ1) is 17.4. The standard InChI is InChI=1S/C28H26FN3O4S/c1-14-9-19(29)10-15(2)25(14)36-22-8-7-18(28(5,6)34)11-21(22)32-13-16(3)24(33)20-12-23(37-27(20)32)26-31-30-17(4)35-26/h7-13,34H,1-6H3. The highest BCUT2D eigenvalue weighted by Crippen LogP contribution is 2.39. The predicted octanol–water partition coefficient (Wildman–Crippen LogP) is 6.49. The summed E-state index contributed by atoms with van der Waals surface area (Å²) in [5.41, 5.74) is 1.90. The number of hydrogen-bond acceptors (Lipinski definition) is 7. The molecule has 0 amide bonds. The van der Waals surface area contributed by atoms with Gasteiger partial charge in [0.2, 0.25) is 5.89 Å². The number of thiophene rings is 1. The molecule has 0 aliphatic heterocycles. The van der Waals surface area contributed by atoms with E-state index in [0.29, 0.717) is 66.3 Å². The maximum absolute atomic E-state index is 13.9. The Balaban J connectivity index is 1.77. The van der Waals surface area contributed by atoms with Crippen LogP contribution in [0.5, 0.6) is 11.5 Å². The van der Waals surface area contributed by atoms with E-state index in [1.54, 1.807) is 65.9 Å². The molecule has 0 unspecified atom stereocenters. The zero-order valence-corrected chi connectivity index (χ0v) is 22.2. The van der Waals surface area contributed by atoms with E-state index in [-0.39, 0.29) is 11.2 Å².